The van der Waals surface area contributed by atoms with E-state index in [2.05, 4.69) is 40.2 Å². The molecule has 4 aromatic rings. The van der Waals surface area contributed by atoms with Crippen molar-refractivity contribution in [2.45, 2.75) is 20.0 Å². The number of ether oxygens (including phenoxy) is 1. The minimum absolute atomic E-state index is 0.0195. The van der Waals surface area contributed by atoms with Crippen LogP contribution in [0.15, 0.2) is 92.0 Å². The van der Waals surface area contributed by atoms with Crippen molar-refractivity contribution in [3.8, 4) is 45.4 Å². The lowest BCUT2D eigenvalue weighted by Gasteiger charge is -2.10. The summed E-state index contributed by atoms with van der Waals surface area (Å²) in [6.45, 7) is 11.2. The summed E-state index contributed by atoms with van der Waals surface area (Å²) < 4.78 is 5.17. The summed E-state index contributed by atoms with van der Waals surface area (Å²) in [6, 6.07) is 23.1. The SMILES string of the molecule is C=CC(=C)c1nc(-c2ccc(-c3ccccc3)cc2)nc(-c2ccc(OC)cc2O)n1.CC(C)O. The normalized spacial score (nSPS) is 10.3. The van der Waals surface area contributed by atoms with E-state index < -0.39 is 0 Å². The molecular weight excluding hydrogens is 438 g/mol. The van der Waals surface area contributed by atoms with Gasteiger partial charge in [0.15, 0.2) is 17.5 Å². The third-order valence-electron chi connectivity index (χ3n) is 4.87. The fourth-order valence-electron chi connectivity index (χ4n) is 3.13. The fraction of sp³-hybridized carbons (Fsp3) is 0.138. The molecule has 1 heterocycles. The van der Waals surface area contributed by atoms with Crippen LogP contribution in [-0.4, -0.2) is 38.4 Å². The highest BCUT2D eigenvalue weighted by Crippen LogP contribution is 2.32. The van der Waals surface area contributed by atoms with Gasteiger partial charge in [-0.3, -0.25) is 0 Å². The van der Waals surface area contributed by atoms with Gasteiger partial charge in [0.2, 0.25) is 0 Å². The highest BCUT2D eigenvalue weighted by atomic mass is 16.5. The number of benzene rings is 3. The molecule has 0 aliphatic carbocycles. The van der Waals surface area contributed by atoms with Crippen molar-refractivity contribution < 1.29 is 14.9 Å². The zero-order valence-corrected chi connectivity index (χ0v) is 20.1. The summed E-state index contributed by atoms with van der Waals surface area (Å²) >= 11 is 0. The van der Waals surface area contributed by atoms with Gasteiger partial charge >= 0.3 is 0 Å². The van der Waals surface area contributed by atoms with Crippen LogP contribution in [0.2, 0.25) is 0 Å². The number of aromatic hydroxyl groups is 1. The molecule has 2 N–H and O–H groups in total. The molecule has 3 aromatic carbocycles. The maximum absolute atomic E-state index is 10.5. The predicted octanol–water partition coefficient (Wildman–Crippen LogP) is 6.17. The first-order valence-corrected chi connectivity index (χ1v) is 11.1. The third kappa shape index (κ3) is 6.62. The fourth-order valence-corrected chi connectivity index (χ4v) is 3.13. The average Bonchev–Trinajstić information content (AvgIpc) is 2.88. The van der Waals surface area contributed by atoms with Gasteiger partial charge in [-0.1, -0.05) is 73.8 Å². The van der Waals surface area contributed by atoms with Crippen LogP contribution in [0, 0.1) is 0 Å². The Hall–Kier alpha value is -4.29. The average molecular weight is 468 g/mol. The van der Waals surface area contributed by atoms with Gasteiger partial charge in [0.25, 0.3) is 0 Å². The lowest BCUT2D eigenvalue weighted by Crippen LogP contribution is -2.02. The summed E-state index contributed by atoms with van der Waals surface area (Å²) in [4.78, 5) is 13.7. The van der Waals surface area contributed by atoms with E-state index in [0.29, 0.717) is 34.4 Å². The maximum atomic E-state index is 10.5. The van der Waals surface area contributed by atoms with Gasteiger partial charge in [-0.25, -0.2) is 15.0 Å². The minimum Gasteiger partial charge on any atom is -0.507 e. The van der Waals surface area contributed by atoms with Crippen LogP contribution in [0.5, 0.6) is 11.5 Å². The highest BCUT2D eigenvalue weighted by Gasteiger charge is 2.15. The lowest BCUT2D eigenvalue weighted by molar-refractivity contribution is 0.216. The predicted molar refractivity (Wildman–Crippen MR) is 141 cm³/mol. The van der Waals surface area contributed by atoms with Crippen molar-refractivity contribution in [3.63, 3.8) is 0 Å². The van der Waals surface area contributed by atoms with Crippen molar-refractivity contribution in [3.05, 3.63) is 97.9 Å². The Balaban J connectivity index is 0.000000795. The Labute approximate surface area is 206 Å². The van der Waals surface area contributed by atoms with Crippen LogP contribution in [0.1, 0.15) is 19.7 Å². The second kappa shape index (κ2) is 11.7. The smallest absolute Gasteiger partial charge is 0.167 e. The van der Waals surface area contributed by atoms with Crippen molar-refractivity contribution in [1.29, 1.82) is 0 Å². The van der Waals surface area contributed by atoms with Crippen molar-refractivity contribution in [2.75, 3.05) is 7.11 Å². The van der Waals surface area contributed by atoms with Gasteiger partial charge in [-0.05, 0) is 37.1 Å². The number of aliphatic hydroxyl groups excluding tert-OH is 1. The molecule has 0 saturated heterocycles. The lowest BCUT2D eigenvalue weighted by atomic mass is 10.0. The molecule has 0 unspecified atom stereocenters. The van der Waals surface area contributed by atoms with Crippen LogP contribution in [0.3, 0.4) is 0 Å². The monoisotopic (exact) mass is 467 g/mol. The van der Waals surface area contributed by atoms with Gasteiger partial charge in [-0.15, -0.1) is 0 Å². The molecule has 1 aromatic heterocycles. The van der Waals surface area contributed by atoms with Crippen molar-refractivity contribution in [2.24, 2.45) is 0 Å². The molecule has 0 aliphatic heterocycles. The molecule has 4 rings (SSSR count). The number of aromatic nitrogens is 3. The van der Waals surface area contributed by atoms with Gasteiger partial charge in [-0.2, -0.15) is 0 Å². The zero-order valence-electron chi connectivity index (χ0n) is 20.1. The highest BCUT2D eigenvalue weighted by molar-refractivity contribution is 5.73. The molecule has 0 spiro atoms. The van der Waals surface area contributed by atoms with E-state index in [1.807, 2.05) is 42.5 Å². The molecular formula is C29H29N3O3. The molecule has 35 heavy (non-hydrogen) atoms. The van der Waals surface area contributed by atoms with Crippen LogP contribution < -0.4 is 4.74 Å². The molecule has 0 fully saturated rings. The number of hydrogen-bond acceptors (Lipinski definition) is 6. The molecule has 6 heteroatoms. The number of rotatable bonds is 6. The number of phenols is 1. The summed E-state index contributed by atoms with van der Waals surface area (Å²) in [6.07, 6.45) is 1.43. The summed E-state index contributed by atoms with van der Waals surface area (Å²) in [5.41, 5.74) is 4.10. The van der Waals surface area contributed by atoms with Gasteiger partial charge in [0.05, 0.1) is 12.7 Å². The number of methoxy groups -OCH3 is 1. The van der Waals surface area contributed by atoms with Gasteiger partial charge in [0.1, 0.15) is 11.5 Å². The second-order valence-electron chi connectivity index (χ2n) is 7.96. The molecule has 6 nitrogen and oxygen atoms in total. The Morgan fingerprint density at radius 3 is 2.00 bits per heavy atom. The summed E-state index contributed by atoms with van der Waals surface area (Å²) in [7, 11) is 1.54. The number of nitrogens with zero attached hydrogens (tertiary/aromatic N) is 3. The summed E-state index contributed by atoms with van der Waals surface area (Å²) in [5, 5.41) is 18.5. The Morgan fingerprint density at radius 1 is 0.857 bits per heavy atom. The molecule has 0 atom stereocenters. The third-order valence-corrected chi connectivity index (χ3v) is 4.87. The van der Waals surface area contributed by atoms with Crippen molar-refractivity contribution >= 4 is 5.57 Å². The van der Waals surface area contributed by atoms with Crippen LogP contribution in [0.25, 0.3) is 39.5 Å². The van der Waals surface area contributed by atoms with Crippen molar-refractivity contribution in [1.82, 2.24) is 15.0 Å². The van der Waals surface area contributed by atoms with E-state index in [1.165, 1.54) is 6.07 Å². The number of allylic oxidation sites excluding steroid dienone is 2. The van der Waals surface area contributed by atoms with E-state index >= 15 is 0 Å². The molecule has 178 valence electrons. The van der Waals surface area contributed by atoms with Crippen LogP contribution in [0.4, 0.5) is 0 Å². The topological polar surface area (TPSA) is 88.4 Å². The van der Waals surface area contributed by atoms with Crippen LogP contribution in [-0.2, 0) is 0 Å². The molecule has 0 amide bonds. The molecule has 0 radical (unpaired) electrons. The Bertz CT molecular complexity index is 1300. The first-order valence-electron chi connectivity index (χ1n) is 11.1. The van der Waals surface area contributed by atoms with E-state index in [9.17, 15) is 5.11 Å². The Morgan fingerprint density at radius 2 is 1.43 bits per heavy atom. The first-order chi connectivity index (χ1) is 16.8. The van der Waals surface area contributed by atoms with E-state index in [0.717, 1.165) is 16.7 Å². The van der Waals surface area contributed by atoms with E-state index in [4.69, 9.17) is 9.84 Å². The molecule has 0 bridgehead atoms. The quantitative estimate of drug-likeness (QED) is 0.330. The molecule has 0 aliphatic rings. The first kappa shape index (κ1) is 25.3. The number of aliphatic hydroxyl groups is 1. The second-order valence-corrected chi connectivity index (χ2v) is 7.96. The van der Waals surface area contributed by atoms with Gasteiger partial charge < -0.3 is 14.9 Å². The minimum atomic E-state index is -0.167. The number of phenolic OH excluding ortho intramolecular Hbond substituents is 1. The van der Waals surface area contributed by atoms with Gasteiger partial charge in [0, 0.05) is 23.3 Å². The standard InChI is InChI=1S/C26H21N3O2.C3H8O/c1-4-17(2)24-27-25(20-12-10-19(11-13-20)18-8-6-5-7-9-18)29-26(28-24)22-15-14-21(31-3)16-23(22)30;1-3(2)4/h4-16,30H,1-2H2,3H3;3-4H,1-2H3. The zero-order chi connectivity index (χ0) is 25.4. The maximum Gasteiger partial charge on any atom is 0.167 e. The summed E-state index contributed by atoms with van der Waals surface area (Å²) in [5.74, 6) is 1.79. The van der Waals surface area contributed by atoms with E-state index in [-0.39, 0.29) is 11.9 Å². The largest absolute Gasteiger partial charge is 0.507 e. The molecule has 0 saturated carbocycles. The van der Waals surface area contributed by atoms with E-state index in [1.54, 1.807) is 39.2 Å². The number of hydrogen-bond donors (Lipinski definition) is 2. The van der Waals surface area contributed by atoms with Crippen LogP contribution >= 0.6 is 0 Å². The Kier molecular flexibility index (Phi) is 8.48.